The number of sulfone groups is 1. The molecule has 2 aromatic rings. The number of carbonyl (C=O) groups is 1. The minimum Gasteiger partial charge on any atom is -0.328 e. The van der Waals surface area contributed by atoms with E-state index in [4.69, 9.17) is 11.6 Å². The molecule has 0 aliphatic carbocycles. The first-order chi connectivity index (χ1) is 11.4. The highest BCUT2D eigenvalue weighted by molar-refractivity contribution is 7.91. The van der Waals surface area contributed by atoms with Crippen LogP contribution in [0.1, 0.15) is 29.0 Å². The monoisotopic (exact) mass is 368 g/mol. The molecule has 0 unspecified atom stereocenters. The maximum absolute atomic E-state index is 12.8. The first-order valence-corrected chi connectivity index (χ1v) is 9.75. The Bertz CT molecular complexity index is 848. The number of nitrogens with zero attached hydrogens (tertiary/aromatic N) is 4. The summed E-state index contributed by atoms with van der Waals surface area (Å²) in [5.41, 5.74) is 0.953. The molecule has 0 aromatic carbocycles. The fraction of sp³-hybridized carbons (Fsp3) is 0.400. The largest absolute Gasteiger partial charge is 0.328 e. The molecule has 7 nitrogen and oxygen atoms in total. The second-order valence-electron chi connectivity index (χ2n) is 5.62. The average Bonchev–Trinajstić information content (AvgIpc) is 3.03. The smallest absolute Gasteiger partial charge is 0.273 e. The van der Waals surface area contributed by atoms with Gasteiger partial charge in [-0.25, -0.2) is 13.4 Å². The Labute approximate surface area is 145 Å². The van der Waals surface area contributed by atoms with Gasteiger partial charge >= 0.3 is 0 Å². The summed E-state index contributed by atoms with van der Waals surface area (Å²) in [4.78, 5) is 18.4. The van der Waals surface area contributed by atoms with Crippen molar-refractivity contribution in [2.24, 2.45) is 0 Å². The standard InChI is InChI=1S/C15H17ClN4O3S/c1-2-19-9-11(7-18-19)14-10-24(22,23)6-5-20(14)15(21)13-4-3-12(16)8-17-13/h3-4,7-9,14H,2,5-6,10H2,1H3/t14-/m0/s1. The van der Waals surface area contributed by atoms with Gasteiger partial charge in [-0.15, -0.1) is 0 Å². The summed E-state index contributed by atoms with van der Waals surface area (Å²) in [6, 6.07) is 2.57. The highest BCUT2D eigenvalue weighted by atomic mass is 35.5. The zero-order chi connectivity index (χ0) is 17.3. The minimum atomic E-state index is -3.21. The molecule has 3 rings (SSSR count). The van der Waals surface area contributed by atoms with Crippen LogP contribution in [-0.2, 0) is 16.4 Å². The highest BCUT2D eigenvalue weighted by Gasteiger charge is 2.36. The fourth-order valence-corrected chi connectivity index (χ4v) is 4.31. The summed E-state index contributed by atoms with van der Waals surface area (Å²) in [5.74, 6) is -0.470. The number of carbonyl (C=O) groups excluding carboxylic acids is 1. The van der Waals surface area contributed by atoms with Crippen LogP contribution in [-0.4, -0.2) is 52.0 Å². The first kappa shape index (κ1) is 16.9. The van der Waals surface area contributed by atoms with Crippen molar-refractivity contribution >= 4 is 27.3 Å². The fourth-order valence-electron chi connectivity index (χ4n) is 2.70. The number of aromatic nitrogens is 3. The van der Waals surface area contributed by atoms with Crippen LogP contribution in [0.2, 0.25) is 5.02 Å². The van der Waals surface area contributed by atoms with Crippen molar-refractivity contribution in [3.63, 3.8) is 0 Å². The molecule has 1 atom stereocenters. The Hall–Kier alpha value is -1.93. The van der Waals surface area contributed by atoms with Crippen LogP contribution < -0.4 is 0 Å². The van der Waals surface area contributed by atoms with Gasteiger partial charge < -0.3 is 4.90 Å². The third-order valence-electron chi connectivity index (χ3n) is 4.00. The minimum absolute atomic E-state index is 0.0508. The van der Waals surface area contributed by atoms with Crippen molar-refractivity contribution in [1.82, 2.24) is 19.7 Å². The quantitative estimate of drug-likeness (QED) is 0.820. The molecule has 1 aliphatic rings. The summed E-state index contributed by atoms with van der Waals surface area (Å²) >= 11 is 5.81. The first-order valence-electron chi connectivity index (χ1n) is 7.55. The van der Waals surface area contributed by atoms with Gasteiger partial charge in [0, 0.05) is 31.0 Å². The molecule has 128 valence electrons. The lowest BCUT2D eigenvalue weighted by atomic mass is 10.1. The van der Waals surface area contributed by atoms with Crippen molar-refractivity contribution in [3.8, 4) is 0 Å². The summed E-state index contributed by atoms with van der Waals surface area (Å²) in [5, 5.41) is 4.63. The molecule has 0 saturated carbocycles. The van der Waals surface area contributed by atoms with E-state index in [-0.39, 0.29) is 29.7 Å². The van der Waals surface area contributed by atoms with Gasteiger partial charge in [-0.05, 0) is 19.1 Å². The van der Waals surface area contributed by atoms with Gasteiger partial charge in [0.15, 0.2) is 9.84 Å². The second-order valence-corrected chi connectivity index (χ2v) is 8.28. The number of pyridine rings is 1. The van der Waals surface area contributed by atoms with Crippen LogP contribution >= 0.6 is 11.6 Å². The second kappa shape index (κ2) is 6.52. The van der Waals surface area contributed by atoms with E-state index in [9.17, 15) is 13.2 Å². The molecule has 9 heteroatoms. The Morgan fingerprint density at radius 3 is 2.79 bits per heavy atom. The van der Waals surface area contributed by atoms with Crippen LogP contribution in [0.3, 0.4) is 0 Å². The number of hydrogen-bond acceptors (Lipinski definition) is 5. The van der Waals surface area contributed by atoms with Crippen molar-refractivity contribution in [3.05, 3.63) is 47.0 Å². The van der Waals surface area contributed by atoms with Gasteiger partial charge in [0.1, 0.15) is 5.69 Å². The maximum Gasteiger partial charge on any atom is 0.273 e. The molecule has 0 spiro atoms. The molecule has 3 heterocycles. The molecule has 1 aliphatic heterocycles. The van der Waals surface area contributed by atoms with Gasteiger partial charge in [0.05, 0.1) is 28.8 Å². The average molecular weight is 369 g/mol. The van der Waals surface area contributed by atoms with E-state index in [0.717, 1.165) is 0 Å². The summed E-state index contributed by atoms with van der Waals surface area (Å²) in [7, 11) is -3.21. The van der Waals surface area contributed by atoms with Gasteiger partial charge in [-0.1, -0.05) is 11.6 Å². The number of hydrogen-bond donors (Lipinski definition) is 0. The number of amides is 1. The van der Waals surface area contributed by atoms with Crippen LogP contribution in [0, 0.1) is 0 Å². The normalized spacial score (nSPS) is 20.1. The van der Waals surface area contributed by atoms with Gasteiger partial charge in [0.2, 0.25) is 0 Å². The lowest BCUT2D eigenvalue weighted by molar-refractivity contribution is 0.0691. The topological polar surface area (TPSA) is 85.2 Å². The molecule has 1 fully saturated rings. The van der Waals surface area contributed by atoms with E-state index in [1.165, 1.54) is 6.20 Å². The molecule has 2 aromatic heterocycles. The zero-order valence-corrected chi connectivity index (χ0v) is 14.7. The van der Waals surface area contributed by atoms with Crippen LogP contribution in [0.5, 0.6) is 0 Å². The predicted octanol–water partition coefficient (Wildman–Crippen LogP) is 1.56. The summed E-state index contributed by atoms with van der Waals surface area (Å²) < 4.78 is 25.8. The van der Waals surface area contributed by atoms with E-state index in [0.29, 0.717) is 17.1 Å². The molecule has 0 bridgehead atoms. The van der Waals surface area contributed by atoms with E-state index >= 15 is 0 Å². The Morgan fingerprint density at radius 2 is 2.17 bits per heavy atom. The zero-order valence-electron chi connectivity index (χ0n) is 13.1. The third kappa shape index (κ3) is 3.44. The number of rotatable bonds is 3. The summed E-state index contributed by atoms with van der Waals surface area (Å²) in [6.07, 6.45) is 4.80. The van der Waals surface area contributed by atoms with Gasteiger partial charge in [-0.2, -0.15) is 5.10 Å². The van der Waals surface area contributed by atoms with Crippen molar-refractivity contribution in [1.29, 1.82) is 0 Å². The van der Waals surface area contributed by atoms with Gasteiger partial charge in [-0.3, -0.25) is 9.48 Å². The lowest BCUT2D eigenvalue weighted by Gasteiger charge is -2.34. The van der Waals surface area contributed by atoms with Crippen molar-refractivity contribution in [2.45, 2.75) is 19.5 Å². The van der Waals surface area contributed by atoms with Crippen molar-refractivity contribution in [2.75, 3.05) is 18.1 Å². The van der Waals surface area contributed by atoms with E-state index in [2.05, 4.69) is 10.1 Å². The lowest BCUT2D eigenvalue weighted by Crippen LogP contribution is -2.46. The molecule has 0 N–H and O–H groups in total. The molecule has 24 heavy (non-hydrogen) atoms. The molecule has 1 saturated heterocycles. The van der Waals surface area contributed by atoms with Crippen molar-refractivity contribution < 1.29 is 13.2 Å². The van der Waals surface area contributed by atoms with E-state index in [1.807, 2.05) is 6.92 Å². The molecular weight excluding hydrogens is 352 g/mol. The maximum atomic E-state index is 12.8. The highest BCUT2D eigenvalue weighted by Crippen LogP contribution is 2.28. The Morgan fingerprint density at radius 1 is 1.38 bits per heavy atom. The summed E-state index contributed by atoms with van der Waals surface area (Å²) in [6.45, 7) is 2.74. The third-order valence-corrected chi connectivity index (χ3v) is 5.85. The SMILES string of the molecule is CCn1cc([C@@H]2CS(=O)(=O)CCN2C(=O)c2ccc(Cl)cn2)cn1. The Balaban J connectivity index is 1.94. The van der Waals surface area contributed by atoms with Crippen LogP contribution in [0.4, 0.5) is 0 Å². The molecule has 1 amide bonds. The van der Waals surface area contributed by atoms with E-state index < -0.39 is 15.9 Å². The van der Waals surface area contributed by atoms with Crippen LogP contribution in [0.25, 0.3) is 0 Å². The molecular formula is C15H17ClN4O3S. The number of halogens is 1. The van der Waals surface area contributed by atoms with E-state index in [1.54, 1.807) is 34.1 Å². The predicted molar refractivity (Wildman–Crippen MR) is 89.6 cm³/mol. The molecule has 0 radical (unpaired) electrons. The Kier molecular flexibility index (Phi) is 4.60. The van der Waals surface area contributed by atoms with Gasteiger partial charge in [0.25, 0.3) is 5.91 Å². The van der Waals surface area contributed by atoms with Crippen LogP contribution in [0.15, 0.2) is 30.7 Å². The number of aryl methyl sites for hydroxylation is 1.